The van der Waals surface area contributed by atoms with Crippen LogP contribution >= 0.6 is 15.9 Å². The van der Waals surface area contributed by atoms with Gasteiger partial charge >= 0.3 is 11.9 Å². The molecule has 29 heavy (non-hydrogen) atoms. The Balaban J connectivity index is 1.92. The molecule has 0 aliphatic carbocycles. The van der Waals surface area contributed by atoms with E-state index in [1.165, 1.54) is 31.4 Å². The molecule has 6 nitrogen and oxygen atoms in total. The molecule has 3 rings (SSSR count). The maximum absolute atomic E-state index is 13.4. The van der Waals surface area contributed by atoms with E-state index in [1.54, 1.807) is 18.2 Å². The largest absolute Gasteiger partial charge is 0.493 e. The minimum atomic E-state index is -0.655. The van der Waals surface area contributed by atoms with E-state index in [9.17, 15) is 14.0 Å². The lowest BCUT2D eigenvalue weighted by Crippen LogP contribution is -2.08. The Morgan fingerprint density at radius 3 is 2.79 bits per heavy atom. The Morgan fingerprint density at radius 1 is 1.31 bits per heavy atom. The molecular formula is C21H17BrFNO5. The van der Waals surface area contributed by atoms with Gasteiger partial charge in [0.25, 0.3) is 0 Å². The molecule has 0 saturated carbocycles. The van der Waals surface area contributed by atoms with Crippen LogP contribution in [-0.4, -0.2) is 24.9 Å². The summed E-state index contributed by atoms with van der Waals surface area (Å²) in [4.78, 5) is 28.1. The van der Waals surface area contributed by atoms with E-state index in [2.05, 4.69) is 20.9 Å². The molecule has 0 N–H and O–H groups in total. The van der Waals surface area contributed by atoms with Crippen LogP contribution in [0.25, 0.3) is 6.08 Å². The van der Waals surface area contributed by atoms with Crippen LogP contribution in [-0.2, 0) is 14.3 Å². The van der Waals surface area contributed by atoms with Crippen LogP contribution in [0.2, 0.25) is 0 Å². The summed E-state index contributed by atoms with van der Waals surface area (Å²) in [6.45, 7) is 1.88. The third-order valence-corrected chi connectivity index (χ3v) is 4.51. The lowest BCUT2D eigenvalue weighted by Gasteiger charge is -2.12. The van der Waals surface area contributed by atoms with Crippen molar-refractivity contribution in [3.05, 3.63) is 63.5 Å². The van der Waals surface area contributed by atoms with Crippen molar-refractivity contribution in [2.75, 3.05) is 7.11 Å². The average molecular weight is 462 g/mol. The maximum atomic E-state index is 13.4. The summed E-state index contributed by atoms with van der Waals surface area (Å²) in [5.41, 5.74) is 0.979. The quantitative estimate of drug-likeness (QED) is 0.355. The van der Waals surface area contributed by atoms with Gasteiger partial charge in [-0.05, 0) is 64.3 Å². The molecule has 8 heteroatoms. The van der Waals surface area contributed by atoms with Crippen LogP contribution in [0, 0.1) is 5.82 Å². The van der Waals surface area contributed by atoms with Gasteiger partial charge in [0.1, 0.15) is 5.82 Å². The molecule has 0 fully saturated rings. The van der Waals surface area contributed by atoms with Crippen LogP contribution in [0.1, 0.15) is 30.9 Å². The summed E-state index contributed by atoms with van der Waals surface area (Å²) in [5, 5.41) is 0. The summed E-state index contributed by atoms with van der Waals surface area (Å²) < 4.78 is 29.7. The normalized spacial score (nSPS) is 14.6. The fourth-order valence-electron chi connectivity index (χ4n) is 2.60. The van der Waals surface area contributed by atoms with E-state index >= 15 is 0 Å². The zero-order valence-corrected chi connectivity index (χ0v) is 17.3. The van der Waals surface area contributed by atoms with E-state index in [0.717, 1.165) is 0 Å². The maximum Gasteiger partial charge on any atom is 0.363 e. The van der Waals surface area contributed by atoms with Gasteiger partial charge in [-0.2, -0.15) is 0 Å². The lowest BCUT2D eigenvalue weighted by molar-refractivity contribution is -0.134. The molecule has 1 heterocycles. The van der Waals surface area contributed by atoms with E-state index in [-0.39, 0.29) is 29.7 Å². The molecule has 2 aromatic carbocycles. The smallest absolute Gasteiger partial charge is 0.363 e. The molecule has 0 spiro atoms. The monoisotopic (exact) mass is 461 g/mol. The van der Waals surface area contributed by atoms with Crippen molar-refractivity contribution in [1.82, 2.24) is 0 Å². The molecule has 0 unspecified atom stereocenters. The number of halogens is 2. The van der Waals surface area contributed by atoms with E-state index < -0.39 is 11.8 Å². The molecule has 0 amide bonds. The molecule has 0 saturated heterocycles. The first kappa shape index (κ1) is 20.7. The fraction of sp³-hybridized carbons (Fsp3) is 0.190. The zero-order chi connectivity index (χ0) is 21.0. The number of nitrogens with zero attached hydrogens (tertiary/aromatic N) is 1. The molecule has 150 valence electrons. The molecule has 0 aromatic heterocycles. The highest BCUT2D eigenvalue weighted by Crippen LogP contribution is 2.38. The number of carbonyl (C=O) groups excluding carboxylic acids is 2. The van der Waals surface area contributed by atoms with Crippen LogP contribution < -0.4 is 9.47 Å². The van der Waals surface area contributed by atoms with Crippen molar-refractivity contribution in [2.45, 2.75) is 19.8 Å². The van der Waals surface area contributed by atoms with Gasteiger partial charge in [0.15, 0.2) is 17.2 Å². The van der Waals surface area contributed by atoms with Crippen LogP contribution in [0.5, 0.6) is 11.5 Å². The number of aliphatic imine (C=N–C) groups is 1. The first-order valence-corrected chi connectivity index (χ1v) is 9.57. The topological polar surface area (TPSA) is 74.2 Å². The third-order valence-electron chi connectivity index (χ3n) is 3.92. The number of cyclic esters (lactones) is 1. The highest BCUT2D eigenvalue weighted by Gasteiger charge is 2.25. The van der Waals surface area contributed by atoms with Crippen LogP contribution in [0.15, 0.2) is 51.6 Å². The Labute approximate surface area is 175 Å². The van der Waals surface area contributed by atoms with Gasteiger partial charge < -0.3 is 14.2 Å². The Bertz CT molecular complexity index is 1030. The van der Waals surface area contributed by atoms with Gasteiger partial charge in [0, 0.05) is 12.0 Å². The van der Waals surface area contributed by atoms with E-state index in [1.807, 2.05) is 6.92 Å². The molecule has 0 atom stereocenters. The summed E-state index contributed by atoms with van der Waals surface area (Å²) >= 11 is 3.36. The second-order valence-electron chi connectivity index (χ2n) is 6.10. The molecular weight excluding hydrogens is 445 g/mol. The number of benzene rings is 2. The first-order chi connectivity index (χ1) is 13.9. The predicted molar refractivity (Wildman–Crippen MR) is 108 cm³/mol. The molecule has 1 aliphatic heterocycles. The third kappa shape index (κ3) is 4.89. The van der Waals surface area contributed by atoms with Gasteiger partial charge in [-0.25, -0.2) is 14.2 Å². The van der Waals surface area contributed by atoms with Gasteiger partial charge in [-0.15, -0.1) is 0 Å². The standard InChI is InChI=1S/C21H17BrFNO5/c1-3-5-18(25)28-19-15(22)8-12(10-17(19)27-2)9-16-21(26)29-20(24-16)13-6-4-7-14(23)11-13/h4,6-11H,3,5H2,1-2H3/b16-9-. The predicted octanol–water partition coefficient (Wildman–Crippen LogP) is 4.65. The van der Waals surface area contributed by atoms with Gasteiger partial charge in [0.2, 0.25) is 5.90 Å². The van der Waals surface area contributed by atoms with E-state index in [4.69, 9.17) is 14.2 Å². The van der Waals surface area contributed by atoms with Gasteiger partial charge in [-0.3, -0.25) is 4.79 Å². The number of esters is 2. The number of hydrogen-bond donors (Lipinski definition) is 0. The lowest BCUT2D eigenvalue weighted by atomic mass is 10.1. The number of ether oxygens (including phenoxy) is 3. The van der Waals surface area contributed by atoms with Crippen molar-refractivity contribution in [1.29, 1.82) is 0 Å². The van der Waals surface area contributed by atoms with Crippen molar-refractivity contribution < 1.29 is 28.2 Å². The summed E-state index contributed by atoms with van der Waals surface area (Å²) in [6.07, 6.45) is 2.45. The number of hydrogen-bond acceptors (Lipinski definition) is 6. The SMILES string of the molecule is CCCC(=O)Oc1c(Br)cc(/C=C2\N=C(c3cccc(F)c3)OC2=O)cc1OC. The Kier molecular flexibility index (Phi) is 6.43. The Hall–Kier alpha value is -3.00. The second-order valence-corrected chi connectivity index (χ2v) is 6.96. The van der Waals surface area contributed by atoms with Crippen LogP contribution in [0.3, 0.4) is 0 Å². The average Bonchev–Trinajstić information content (AvgIpc) is 3.04. The Morgan fingerprint density at radius 2 is 2.10 bits per heavy atom. The van der Waals surface area contributed by atoms with Crippen molar-refractivity contribution >= 4 is 39.8 Å². The van der Waals surface area contributed by atoms with Crippen molar-refractivity contribution in [3.8, 4) is 11.5 Å². The zero-order valence-electron chi connectivity index (χ0n) is 15.7. The number of methoxy groups -OCH3 is 1. The second kappa shape index (κ2) is 9.00. The highest BCUT2D eigenvalue weighted by molar-refractivity contribution is 9.10. The van der Waals surface area contributed by atoms with Crippen LogP contribution in [0.4, 0.5) is 4.39 Å². The summed E-state index contributed by atoms with van der Waals surface area (Å²) in [6, 6.07) is 8.88. The molecule has 0 bridgehead atoms. The van der Waals surface area contributed by atoms with E-state index in [0.29, 0.717) is 27.8 Å². The van der Waals surface area contributed by atoms with Crippen molar-refractivity contribution in [2.24, 2.45) is 4.99 Å². The molecule has 1 aliphatic rings. The minimum absolute atomic E-state index is 0.0249. The van der Waals surface area contributed by atoms with Crippen molar-refractivity contribution in [3.63, 3.8) is 0 Å². The molecule has 2 aromatic rings. The summed E-state index contributed by atoms with van der Waals surface area (Å²) in [7, 11) is 1.44. The molecule has 0 radical (unpaired) electrons. The number of carbonyl (C=O) groups is 2. The fourth-order valence-corrected chi connectivity index (χ4v) is 3.14. The number of rotatable bonds is 6. The summed E-state index contributed by atoms with van der Waals surface area (Å²) in [5.74, 6) is -0.890. The minimum Gasteiger partial charge on any atom is -0.493 e. The van der Waals surface area contributed by atoms with Gasteiger partial charge in [-0.1, -0.05) is 13.0 Å². The first-order valence-electron chi connectivity index (χ1n) is 8.78. The van der Waals surface area contributed by atoms with Gasteiger partial charge in [0.05, 0.1) is 11.6 Å². The highest BCUT2D eigenvalue weighted by atomic mass is 79.9.